The number of halogens is 1. The number of piperazine rings is 1. The molecular formula is C21H22ClN3O3S. The first-order chi connectivity index (χ1) is 13.8. The molecule has 1 saturated heterocycles. The number of benzene rings is 2. The van der Waals surface area contributed by atoms with Crippen LogP contribution in [0.3, 0.4) is 0 Å². The highest BCUT2D eigenvalue weighted by atomic mass is 35.5. The van der Waals surface area contributed by atoms with Crippen LogP contribution in [-0.4, -0.2) is 44.1 Å². The van der Waals surface area contributed by atoms with Crippen molar-refractivity contribution in [2.24, 2.45) is 0 Å². The Morgan fingerprint density at radius 1 is 1.00 bits per heavy atom. The van der Waals surface area contributed by atoms with E-state index in [-0.39, 0.29) is 0 Å². The maximum Gasteiger partial charge on any atom is 0.243 e. The van der Waals surface area contributed by atoms with E-state index in [4.69, 9.17) is 16.1 Å². The van der Waals surface area contributed by atoms with Gasteiger partial charge in [-0.15, -0.1) is 0 Å². The summed E-state index contributed by atoms with van der Waals surface area (Å²) in [6, 6.07) is 14.8. The first kappa shape index (κ1) is 19.9. The molecule has 0 unspecified atom stereocenters. The van der Waals surface area contributed by atoms with E-state index in [0.717, 1.165) is 11.4 Å². The van der Waals surface area contributed by atoms with Gasteiger partial charge >= 0.3 is 0 Å². The minimum atomic E-state index is -3.61. The molecule has 29 heavy (non-hydrogen) atoms. The lowest BCUT2D eigenvalue weighted by molar-refractivity contribution is 0.384. The Labute approximate surface area is 175 Å². The van der Waals surface area contributed by atoms with E-state index >= 15 is 0 Å². The Morgan fingerprint density at radius 3 is 2.41 bits per heavy atom. The molecule has 3 aromatic rings. The van der Waals surface area contributed by atoms with Gasteiger partial charge in [-0.3, -0.25) is 0 Å². The fourth-order valence-corrected chi connectivity index (χ4v) is 5.39. The predicted octanol–water partition coefficient (Wildman–Crippen LogP) is 4.12. The molecule has 8 heteroatoms. The van der Waals surface area contributed by atoms with E-state index in [1.807, 2.05) is 50.2 Å². The number of sulfonamides is 1. The van der Waals surface area contributed by atoms with E-state index < -0.39 is 10.0 Å². The largest absolute Gasteiger partial charge is 0.369 e. The molecule has 0 aliphatic carbocycles. The van der Waals surface area contributed by atoms with E-state index in [1.54, 1.807) is 16.4 Å². The number of hydrogen-bond donors (Lipinski definition) is 0. The van der Waals surface area contributed by atoms with Crippen molar-refractivity contribution < 1.29 is 12.9 Å². The molecule has 0 saturated carbocycles. The third-order valence-electron chi connectivity index (χ3n) is 5.13. The van der Waals surface area contributed by atoms with Crippen molar-refractivity contribution in [3.05, 3.63) is 64.8 Å². The zero-order chi connectivity index (χ0) is 20.6. The van der Waals surface area contributed by atoms with Gasteiger partial charge in [0, 0.05) is 48.5 Å². The van der Waals surface area contributed by atoms with Crippen molar-refractivity contribution in [2.75, 3.05) is 31.1 Å². The second-order valence-electron chi connectivity index (χ2n) is 7.18. The van der Waals surface area contributed by atoms with Crippen LogP contribution in [0.15, 0.2) is 57.9 Å². The van der Waals surface area contributed by atoms with E-state index in [0.29, 0.717) is 53.0 Å². The number of aryl methyl sites for hydroxylation is 2. The predicted molar refractivity (Wildman–Crippen MR) is 114 cm³/mol. The average Bonchev–Trinajstić information content (AvgIpc) is 3.14. The quantitative estimate of drug-likeness (QED) is 0.621. The van der Waals surface area contributed by atoms with Crippen molar-refractivity contribution in [1.82, 2.24) is 9.46 Å². The Kier molecular flexibility index (Phi) is 5.38. The molecule has 0 N–H and O–H groups in total. The highest BCUT2D eigenvalue weighted by molar-refractivity contribution is 7.89. The fourth-order valence-electron chi connectivity index (χ4n) is 3.53. The average molecular weight is 432 g/mol. The van der Waals surface area contributed by atoms with Gasteiger partial charge in [-0.2, -0.15) is 4.31 Å². The summed E-state index contributed by atoms with van der Waals surface area (Å²) < 4.78 is 33.5. The number of rotatable bonds is 4. The third-order valence-corrected chi connectivity index (χ3v) is 7.41. The number of aromatic nitrogens is 1. The lowest BCUT2D eigenvalue weighted by atomic mass is 10.1. The Bertz CT molecular complexity index is 1140. The van der Waals surface area contributed by atoms with E-state index in [2.05, 4.69) is 10.1 Å². The summed E-state index contributed by atoms with van der Waals surface area (Å²) in [5, 5.41) is 4.56. The van der Waals surface area contributed by atoms with Gasteiger partial charge in [0.15, 0.2) is 5.76 Å². The molecule has 6 nitrogen and oxygen atoms in total. The molecule has 0 atom stereocenters. The summed E-state index contributed by atoms with van der Waals surface area (Å²) in [5.74, 6) is 0.560. The molecule has 0 radical (unpaired) electrons. The lowest BCUT2D eigenvalue weighted by Gasteiger charge is -2.35. The van der Waals surface area contributed by atoms with Crippen LogP contribution in [0.4, 0.5) is 5.69 Å². The summed E-state index contributed by atoms with van der Waals surface area (Å²) >= 11 is 6.08. The molecule has 2 aromatic carbocycles. The molecule has 0 bridgehead atoms. The summed E-state index contributed by atoms with van der Waals surface area (Å²) in [6.07, 6.45) is 0. The Hall–Kier alpha value is -2.35. The van der Waals surface area contributed by atoms with Gasteiger partial charge < -0.3 is 9.42 Å². The van der Waals surface area contributed by atoms with Crippen LogP contribution < -0.4 is 4.90 Å². The summed E-state index contributed by atoms with van der Waals surface area (Å²) in [5.41, 5.74) is 3.17. The molecule has 1 aliphatic heterocycles. The first-order valence-electron chi connectivity index (χ1n) is 9.39. The summed E-state index contributed by atoms with van der Waals surface area (Å²) in [7, 11) is -3.61. The minimum absolute atomic E-state index is 0.306. The van der Waals surface area contributed by atoms with Gasteiger partial charge in [-0.1, -0.05) is 35.0 Å². The highest BCUT2D eigenvalue weighted by Crippen LogP contribution is 2.29. The van der Waals surface area contributed by atoms with Crippen molar-refractivity contribution in [2.45, 2.75) is 18.7 Å². The van der Waals surface area contributed by atoms with Gasteiger partial charge in [-0.05, 0) is 43.7 Å². The monoisotopic (exact) mass is 431 g/mol. The fraction of sp³-hybridized carbons (Fsp3) is 0.286. The van der Waals surface area contributed by atoms with Gasteiger partial charge in [0.1, 0.15) is 0 Å². The Balaban J connectivity index is 1.56. The molecule has 4 rings (SSSR count). The molecule has 2 heterocycles. The van der Waals surface area contributed by atoms with Crippen LogP contribution in [0.5, 0.6) is 0 Å². The smallest absolute Gasteiger partial charge is 0.243 e. The van der Waals surface area contributed by atoms with Gasteiger partial charge in [-0.25, -0.2) is 8.42 Å². The van der Waals surface area contributed by atoms with Crippen LogP contribution >= 0.6 is 11.6 Å². The van der Waals surface area contributed by atoms with Crippen LogP contribution in [0.2, 0.25) is 5.02 Å². The Morgan fingerprint density at radius 2 is 1.76 bits per heavy atom. The highest BCUT2D eigenvalue weighted by Gasteiger charge is 2.30. The molecule has 0 spiro atoms. The van der Waals surface area contributed by atoms with Crippen LogP contribution in [0.25, 0.3) is 11.3 Å². The first-order valence-corrected chi connectivity index (χ1v) is 11.2. The summed E-state index contributed by atoms with van der Waals surface area (Å²) in [6.45, 7) is 5.70. The molecule has 1 aliphatic rings. The van der Waals surface area contributed by atoms with Crippen molar-refractivity contribution in [3.8, 4) is 11.3 Å². The van der Waals surface area contributed by atoms with Crippen LogP contribution in [0, 0.1) is 13.8 Å². The zero-order valence-corrected chi connectivity index (χ0v) is 17.9. The molecule has 1 fully saturated rings. The van der Waals surface area contributed by atoms with Crippen LogP contribution in [-0.2, 0) is 10.0 Å². The molecule has 1 aromatic heterocycles. The van der Waals surface area contributed by atoms with E-state index in [9.17, 15) is 8.42 Å². The zero-order valence-electron chi connectivity index (χ0n) is 16.3. The van der Waals surface area contributed by atoms with Crippen LogP contribution in [0.1, 0.15) is 11.3 Å². The number of nitrogens with zero attached hydrogens (tertiary/aromatic N) is 3. The number of hydrogen-bond acceptors (Lipinski definition) is 5. The van der Waals surface area contributed by atoms with Crippen molar-refractivity contribution in [1.29, 1.82) is 0 Å². The summed E-state index contributed by atoms with van der Waals surface area (Å²) in [4.78, 5) is 2.46. The number of anilines is 1. The third kappa shape index (κ3) is 4.03. The molecule has 0 amide bonds. The van der Waals surface area contributed by atoms with Gasteiger partial charge in [0.25, 0.3) is 0 Å². The standard InChI is InChI=1S/C21H22ClN3O3S/c1-15-6-7-17(20-12-16(2)23-28-20)13-21(15)29(26,27)25-10-8-24(9-11-25)19-5-3-4-18(22)14-19/h3-7,12-14H,8-11H2,1-2H3. The SMILES string of the molecule is Cc1cc(-c2ccc(C)c(S(=O)(=O)N3CCN(c4cccc(Cl)c4)CC3)c2)on1. The maximum atomic E-state index is 13.3. The normalized spacial score (nSPS) is 15.6. The second-order valence-corrected chi connectivity index (χ2v) is 9.53. The van der Waals surface area contributed by atoms with Gasteiger partial charge in [0.2, 0.25) is 10.0 Å². The molecular weight excluding hydrogens is 410 g/mol. The second kappa shape index (κ2) is 7.82. The lowest BCUT2D eigenvalue weighted by Crippen LogP contribution is -2.48. The van der Waals surface area contributed by atoms with Crippen molar-refractivity contribution >= 4 is 27.3 Å². The van der Waals surface area contributed by atoms with E-state index in [1.165, 1.54) is 0 Å². The van der Waals surface area contributed by atoms with Gasteiger partial charge in [0.05, 0.1) is 10.6 Å². The minimum Gasteiger partial charge on any atom is -0.369 e. The molecule has 152 valence electrons. The van der Waals surface area contributed by atoms with Crippen molar-refractivity contribution in [3.63, 3.8) is 0 Å². The topological polar surface area (TPSA) is 66.7 Å². The maximum absolute atomic E-state index is 13.3.